The second kappa shape index (κ2) is 9.00. The molecule has 0 unspecified atom stereocenters. The molecule has 6 nitrogen and oxygen atoms in total. The predicted octanol–water partition coefficient (Wildman–Crippen LogP) is 4.68. The number of ether oxygens (including phenoxy) is 1. The summed E-state index contributed by atoms with van der Waals surface area (Å²) < 4.78 is 5.84. The molecule has 0 spiro atoms. The highest BCUT2D eigenvalue weighted by molar-refractivity contribution is 6.30. The maximum Gasteiger partial charge on any atom is 0.243 e. The van der Waals surface area contributed by atoms with Gasteiger partial charge in [-0.05, 0) is 47.5 Å². The van der Waals surface area contributed by atoms with Crippen LogP contribution in [0.3, 0.4) is 0 Å². The van der Waals surface area contributed by atoms with E-state index in [9.17, 15) is 9.59 Å². The van der Waals surface area contributed by atoms with Gasteiger partial charge < -0.3 is 19.9 Å². The van der Waals surface area contributed by atoms with Crippen LogP contribution in [0.15, 0.2) is 79.0 Å². The van der Waals surface area contributed by atoms with E-state index in [1.54, 1.807) is 17.0 Å². The Bertz CT molecular complexity index is 1320. The quantitative estimate of drug-likeness (QED) is 0.439. The van der Waals surface area contributed by atoms with Gasteiger partial charge in [-0.25, -0.2) is 0 Å². The number of piperazine rings is 1. The lowest BCUT2D eigenvalue weighted by atomic mass is 10.0. The van der Waals surface area contributed by atoms with Crippen molar-refractivity contribution in [2.75, 3.05) is 6.54 Å². The topological polar surface area (TPSA) is 74.4 Å². The number of carbonyl (C=O) groups is 2. The molecule has 2 N–H and O–H groups in total. The van der Waals surface area contributed by atoms with Gasteiger partial charge in [0.2, 0.25) is 11.8 Å². The number of amides is 2. The lowest BCUT2D eigenvalue weighted by Gasteiger charge is -2.35. The maximum absolute atomic E-state index is 12.8. The molecule has 33 heavy (non-hydrogen) atoms. The third kappa shape index (κ3) is 4.56. The smallest absolute Gasteiger partial charge is 0.243 e. The van der Waals surface area contributed by atoms with Crippen LogP contribution in [-0.4, -0.2) is 34.3 Å². The molecule has 2 heterocycles. The van der Waals surface area contributed by atoms with Gasteiger partial charge in [0.15, 0.2) is 0 Å². The predicted molar refractivity (Wildman–Crippen MR) is 127 cm³/mol. The molecular weight excluding hydrogens is 438 g/mol. The van der Waals surface area contributed by atoms with Crippen LogP contribution in [0, 0.1) is 0 Å². The molecule has 166 valence electrons. The van der Waals surface area contributed by atoms with Crippen molar-refractivity contribution >= 4 is 34.3 Å². The number of rotatable bonds is 6. The Kier molecular flexibility index (Phi) is 5.75. The number of aromatic nitrogens is 1. The molecule has 1 saturated heterocycles. The third-order valence-corrected chi connectivity index (χ3v) is 6.04. The molecule has 5 rings (SSSR count). The molecule has 1 fully saturated rings. The normalized spacial score (nSPS) is 16.2. The Balaban J connectivity index is 1.33. The lowest BCUT2D eigenvalue weighted by molar-refractivity contribution is -0.146. The first-order valence-corrected chi connectivity index (χ1v) is 11.1. The molecule has 1 aliphatic rings. The van der Waals surface area contributed by atoms with E-state index in [1.807, 2.05) is 66.9 Å². The van der Waals surface area contributed by atoms with Gasteiger partial charge in [0.1, 0.15) is 17.5 Å². The first-order valence-electron chi connectivity index (χ1n) is 10.7. The highest BCUT2D eigenvalue weighted by atomic mass is 35.5. The van der Waals surface area contributed by atoms with Crippen molar-refractivity contribution in [2.24, 2.45) is 0 Å². The zero-order chi connectivity index (χ0) is 22.8. The molecule has 4 aromatic rings. The molecule has 0 radical (unpaired) electrons. The van der Waals surface area contributed by atoms with Crippen LogP contribution in [0.25, 0.3) is 10.9 Å². The molecule has 2 amide bonds. The summed E-state index contributed by atoms with van der Waals surface area (Å²) in [6.45, 7) is 0.357. The molecule has 0 saturated carbocycles. The van der Waals surface area contributed by atoms with Crippen LogP contribution < -0.4 is 10.1 Å². The monoisotopic (exact) mass is 459 g/mol. The van der Waals surface area contributed by atoms with Crippen LogP contribution in [0.5, 0.6) is 11.5 Å². The Morgan fingerprint density at radius 3 is 2.61 bits per heavy atom. The fourth-order valence-electron chi connectivity index (χ4n) is 4.13. The number of carbonyl (C=O) groups excluding carboxylic acids is 2. The minimum atomic E-state index is -0.576. The largest absolute Gasteiger partial charge is 0.457 e. The number of nitrogens with one attached hydrogen (secondary N) is 2. The van der Waals surface area contributed by atoms with Gasteiger partial charge in [-0.1, -0.05) is 48.0 Å². The minimum absolute atomic E-state index is 0.0131. The van der Waals surface area contributed by atoms with Crippen molar-refractivity contribution in [2.45, 2.75) is 19.0 Å². The van der Waals surface area contributed by atoms with E-state index < -0.39 is 6.04 Å². The van der Waals surface area contributed by atoms with Crippen molar-refractivity contribution in [1.29, 1.82) is 0 Å². The number of H-pyrrole nitrogens is 1. The standard InChI is InChI=1S/C26H22ClN3O3/c27-19-4-3-5-21(13-19)33-20-10-8-17(9-11-20)16-30-24(26(32)29-15-25(30)31)12-18-14-28-23-7-2-1-6-22(18)23/h1-11,13-14,24,28H,12,15-16H2,(H,29,32)/t24-/m0/s1. The van der Waals surface area contributed by atoms with Gasteiger partial charge in [0.25, 0.3) is 0 Å². The number of hydrogen-bond donors (Lipinski definition) is 2. The zero-order valence-corrected chi connectivity index (χ0v) is 18.5. The van der Waals surface area contributed by atoms with Gasteiger partial charge >= 0.3 is 0 Å². The van der Waals surface area contributed by atoms with E-state index >= 15 is 0 Å². The van der Waals surface area contributed by atoms with Crippen LogP contribution in [0.2, 0.25) is 5.02 Å². The molecule has 0 bridgehead atoms. The van der Waals surface area contributed by atoms with E-state index in [2.05, 4.69) is 10.3 Å². The van der Waals surface area contributed by atoms with Gasteiger partial charge in [-0.3, -0.25) is 9.59 Å². The Morgan fingerprint density at radius 1 is 0.970 bits per heavy atom. The second-order valence-electron chi connectivity index (χ2n) is 8.02. The Labute approximate surface area is 196 Å². The first kappa shape index (κ1) is 21.1. The van der Waals surface area contributed by atoms with Gasteiger partial charge in [0.05, 0.1) is 6.54 Å². The molecule has 1 atom stereocenters. The summed E-state index contributed by atoms with van der Waals surface area (Å²) in [6.07, 6.45) is 2.36. The number of nitrogens with zero attached hydrogens (tertiary/aromatic N) is 1. The van der Waals surface area contributed by atoms with E-state index in [0.29, 0.717) is 29.5 Å². The summed E-state index contributed by atoms with van der Waals surface area (Å²) in [7, 11) is 0. The van der Waals surface area contributed by atoms with Crippen molar-refractivity contribution in [3.8, 4) is 11.5 Å². The van der Waals surface area contributed by atoms with Crippen molar-refractivity contribution < 1.29 is 14.3 Å². The highest BCUT2D eigenvalue weighted by Gasteiger charge is 2.34. The number of benzene rings is 3. The highest BCUT2D eigenvalue weighted by Crippen LogP contribution is 2.26. The van der Waals surface area contributed by atoms with E-state index in [1.165, 1.54) is 0 Å². The molecule has 1 aliphatic heterocycles. The number of fused-ring (bicyclic) bond motifs is 1. The van der Waals surface area contributed by atoms with Gasteiger partial charge in [0, 0.05) is 35.1 Å². The SMILES string of the molecule is O=C1NCC(=O)N(Cc2ccc(Oc3cccc(Cl)c3)cc2)[C@H]1Cc1c[nH]c2ccccc12. The minimum Gasteiger partial charge on any atom is -0.457 e. The number of halogens is 1. The first-order chi connectivity index (χ1) is 16.1. The Morgan fingerprint density at radius 2 is 1.79 bits per heavy atom. The van der Waals surface area contributed by atoms with Crippen molar-refractivity contribution in [3.05, 3.63) is 95.1 Å². The molecule has 0 aliphatic carbocycles. The van der Waals surface area contributed by atoms with Crippen LogP contribution in [0.4, 0.5) is 0 Å². The van der Waals surface area contributed by atoms with Crippen LogP contribution >= 0.6 is 11.6 Å². The maximum atomic E-state index is 12.8. The lowest BCUT2D eigenvalue weighted by Crippen LogP contribution is -2.58. The average molecular weight is 460 g/mol. The molecular formula is C26H22ClN3O3. The summed E-state index contributed by atoms with van der Waals surface area (Å²) in [5.41, 5.74) is 2.94. The average Bonchev–Trinajstić information content (AvgIpc) is 3.23. The van der Waals surface area contributed by atoms with Gasteiger partial charge in [-0.15, -0.1) is 0 Å². The number of para-hydroxylation sites is 1. The van der Waals surface area contributed by atoms with E-state index in [-0.39, 0.29) is 18.4 Å². The van der Waals surface area contributed by atoms with Crippen LogP contribution in [-0.2, 0) is 22.6 Å². The third-order valence-electron chi connectivity index (χ3n) is 5.81. The summed E-state index contributed by atoms with van der Waals surface area (Å²) in [5.74, 6) is 1.08. The van der Waals surface area contributed by atoms with E-state index in [4.69, 9.17) is 16.3 Å². The number of hydrogen-bond acceptors (Lipinski definition) is 3. The summed E-state index contributed by atoms with van der Waals surface area (Å²) in [6, 6.07) is 22.1. The van der Waals surface area contributed by atoms with E-state index in [0.717, 1.165) is 22.0 Å². The molecule has 3 aromatic carbocycles. The van der Waals surface area contributed by atoms with Crippen LogP contribution in [0.1, 0.15) is 11.1 Å². The van der Waals surface area contributed by atoms with Gasteiger partial charge in [-0.2, -0.15) is 0 Å². The fraction of sp³-hybridized carbons (Fsp3) is 0.154. The van der Waals surface area contributed by atoms with Crippen molar-refractivity contribution in [3.63, 3.8) is 0 Å². The second-order valence-corrected chi connectivity index (χ2v) is 8.46. The number of aromatic amines is 1. The Hall–Kier alpha value is -3.77. The summed E-state index contributed by atoms with van der Waals surface area (Å²) in [5, 5.41) is 4.39. The molecule has 1 aromatic heterocycles. The summed E-state index contributed by atoms with van der Waals surface area (Å²) in [4.78, 5) is 30.4. The van der Waals surface area contributed by atoms with Crippen molar-refractivity contribution in [1.82, 2.24) is 15.2 Å². The zero-order valence-electron chi connectivity index (χ0n) is 17.8. The fourth-order valence-corrected chi connectivity index (χ4v) is 4.31. The summed E-state index contributed by atoms with van der Waals surface area (Å²) >= 11 is 6.01. The molecule has 7 heteroatoms.